The Kier molecular flexibility index (Phi) is 4.33. The van der Waals surface area contributed by atoms with Crippen LogP contribution in [0.4, 0.5) is 0 Å². The monoisotopic (exact) mass is 288 g/mol. The molecule has 3 N–H and O–H groups in total. The Bertz CT molecular complexity index is 720. The van der Waals surface area contributed by atoms with E-state index in [0.717, 1.165) is 10.8 Å². The molecule has 3 rings (SSSR count). The SMILES string of the molecule is Oc1ccc(Cl)c(O)c1.Oc1cccc2ccccc12. The van der Waals surface area contributed by atoms with Gasteiger partial charge in [-0.15, -0.1) is 0 Å². The molecule has 3 aromatic carbocycles. The predicted octanol–water partition coefficient (Wildman–Crippen LogP) is 4.30. The van der Waals surface area contributed by atoms with E-state index in [2.05, 4.69) is 0 Å². The summed E-state index contributed by atoms with van der Waals surface area (Å²) in [7, 11) is 0. The van der Waals surface area contributed by atoms with Gasteiger partial charge in [-0.25, -0.2) is 0 Å². The molecule has 0 amide bonds. The maximum atomic E-state index is 9.37. The van der Waals surface area contributed by atoms with E-state index in [4.69, 9.17) is 21.8 Å². The molecule has 0 aliphatic heterocycles. The van der Waals surface area contributed by atoms with E-state index >= 15 is 0 Å². The van der Waals surface area contributed by atoms with Crippen LogP contribution in [0.15, 0.2) is 60.7 Å². The van der Waals surface area contributed by atoms with Crippen LogP contribution in [-0.4, -0.2) is 15.3 Å². The fourth-order valence-corrected chi connectivity index (χ4v) is 1.83. The number of benzene rings is 3. The highest BCUT2D eigenvalue weighted by Crippen LogP contribution is 2.26. The number of rotatable bonds is 0. The smallest absolute Gasteiger partial charge is 0.137 e. The highest BCUT2D eigenvalue weighted by molar-refractivity contribution is 6.32. The van der Waals surface area contributed by atoms with E-state index in [1.54, 1.807) is 6.07 Å². The summed E-state index contributed by atoms with van der Waals surface area (Å²) >= 11 is 5.42. The van der Waals surface area contributed by atoms with Crippen LogP contribution in [0.1, 0.15) is 0 Å². The average molecular weight is 289 g/mol. The molecule has 102 valence electrons. The third kappa shape index (κ3) is 3.33. The van der Waals surface area contributed by atoms with Gasteiger partial charge in [0.25, 0.3) is 0 Å². The Labute approximate surface area is 121 Å². The highest BCUT2D eigenvalue weighted by atomic mass is 35.5. The minimum atomic E-state index is -0.100. The topological polar surface area (TPSA) is 60.7 Å². The number of halogens is 1. The van der Waals surface area contributed by atoms with Crippen molar-refractivity contribution in [3.63, 3.8) is 0 Å². The fourth-order valence-electron chi connectivity index (χ4n) is 1.71. The molecule has 0 unspecified atom stereocenters. The van der Waals surface area contributed by atoms with Crippen LogP contribution in [-0.2, 0) is 0 Å². The van der Waals surface area contributed by atoms with Crippen molar-refractivity contribution in [1.82, 2.24) is 0 Å². The zero-order valence-electron chi connectivity index (χ0n) is 10.5. The normalized spacial score (nSPS) is 9.85. The van der Waals surface area contributed by atoms with Gasteiger partial charge in [0.2, 0.25) is 0 Å². The number of phenolic OH excluding ortho intramolecular Hbond substituents is 3. The van der Waals surface area contributed by atoms with E-state index < -0.39 is 0 Å². The van der Waals surface area contributed by atoms with Crippen molar-refractivity contribution in [2.24, 2.45) is 0 Å². The molecule has 0 aromatic heterocycles. The Morgan fingerprint density at radius 1 is 0.700 bits per heavy atom. The van der Waals surface area contributed by atoms with Crippen LogP contribution in [0.25, 0.3) is 10.8 Å². The molecule has 0 aliphatic carbocycles. The number of aromatic hydroxyl groups is 3. The second-order valence-corrected chi connectivity index (χ2v) is 4.54. The first-order chi connectivity index (χ1) is 9.58. The zero-order valence-corrected chi connectivity index (χ0v) is 11.2. The van der Waals surface area contributed by atoms with Crippen LogP contribution < -0.4 is 0 Å². The van der Waals surface area contributed by atoms with E-state index in [1.165, 1.54) is 18.2 Å². The first-order valence-electron chi connectivity index (χ1n) is 5.92. The lowest BCUT2D eigenvalue weighted by Crippen LogP contribution is -1.70. The van der Waals surface area contributed by atoms with Crippen molar-refractivity contribution < 1.29 is 15.3 Å². The molecule has 0 heterocycles. The summed E-state index contributed by atoms with van der Waals surface area (Å²) in [5, 5.41) is 29.1. The average Bonchev–Trinajstić information content (AvgIpc) is 2.45. The van der Waals surface area contributed by atoms with Gasteiger partial charge in [0.15, 0.2) is 0 Å². The molecule has 3 aromatic rings. The van der Waals surface area contributed by atoms with Gasteiger partial charge >= 0.3 is 0 Å². The summed E-state index contributed by atoms with van der Waals surface area (Å²) in [6.45, 7) is 0. The Morgan fingerprint density at radius 2 is 1.40 bits per heavy atom. The Balaban J connectivity index is 0.000000151. The van der Waals surface area contributed by atoms with Crippen molar-refractivity contribution >= 4 is 22.4 Å². The van der Waals surface area contributed by atoms with Gasteiger partial charge in [-0.1, -0.05) is 48.0 Å². The minimum absolute atomic E-state index is 0.0110. The highest BCUT2D eigenvalue weighted by Gasteiger charge is 1.96. The van der Waals surface area contributed by atoms with E-state index in [1.807, 2.05) is 36.4 Å². The number of fused-ring (bicyclic) bond motifs is 1. The van der Waals surface area contributed by atoms with E-state index in [-0.39, 0.29) is 16.5 Å². The number of hydrogen-bond donors (Lipinski definition) is 3. The van der Waals surface area contributed by atoms with Crippen molar-refractivity contribution in [3.05, 3.63) is 65.7 Å². The predicted molar refractivity (Wildman–Crippen MR) is 80.4 cm³/mol. The van der Waals surface area contributed by atoms with Crippen LogP contribution in [0, 0.1) is 0 Å². The van der Waals surface area contributed by atoms with Crippen molar-refractivity contribution in [2.45, 2.75) is 0 Å². The molecular formula is C16H13ClO3. The minimum Gasteiger partial charge on any atom is -0.508 e. The van der Waals surface area contributed by atoms with Gasteiger partial charge in [0.05, 0.1) is 5.02 Å². The first kappa shape index (κ1) is 14.0. The summed E-state index contributed by atoms with van der Waals surface area (Å²) in [5.74, 6) is 0.261. The van der Waals surface area contributed by atoms with Gasteiger partial charge in [0, 0.05) is 11.5 Å². The summed E-state index contributed by atoms with van der Waals surface area (Å²) in [6.07, 6.45) is 0. The lowest BCUT2D eigenvalue weighted by atomic mass is 10.1. The van der Waals surface area contributed by atoms with Crippen LogP contribution in [0.3, 0.4) is 0 Å². The van der Waals surface area contributed by atoms with Crippen molar-refractivity contribution in [1.29, 1.82) is 0 Å². The molecular weight excluding hydrogens is 276 g/mol. The molecule has 0 fully saturated rings. The molecule has 4 heteroatoms. The third-order valence-electron chi connectivity index (χ3n) is 2.70. The number of hydrogen-bond acceptors (Lipinski definition) is 3. The van der Waals surface area contributed by atoms with E-state index in [9.17, 15) is 5.11 Å². The molecule has 0 atom stereocenters. The lowest BCUT2D eigenvalue weighted by Gasteiger charge is -1.97. The third-order valence-corrected chi connectivity index (χ3v) is 3.02. The summed E-state index contributed by atoms with van der Waals surface area (Å²) in [6, 6.07) is 17.3. The zero-order chi connectivity index (χ0) is 14.5. The van der Waals surface area contributed by atoms with Gasteiger partial charge in [-0.3, -0.25) is 0 Å². The summed E-state index contributed by atoms with van der Waals surface area (Å²) in [4.78, 5) is 0. The van der Waals surface area contributed by atoms with Crippen LogP contribution in [0.5, 0.6) is 17.2 Å². The van der Waals surface area contributed by atoms with Crippen LogP contribution >= 0.6 is 11.6 Å². The van der Waals surface area contributed by atoms with E-state index in [0.29, 0.717) is 5.75 Å². The Morgan fingerprint density at radius 3 is 2.05 bits per heavy atom. The summed E-state index contributed by atoms with van der Waals surface area (Å²) in [5.41, 5.74) is 0. The summed E-state index contributed by atoms with van der Waals surface area (Å²) < 4.78 is 0. The molecule has 0 bridgehead atoms. The van der Waals surface area contributed by atoms with Crippen molar-refractivity contribution in [3.8, 4) is 17.2 Å². The molecule has 0 radical (unpaired) electrons. The quantitative estimate of drug-likeness (QED) is 0.578. The second kappa shape index (κ2) is 6.17. The molecule has 0 saturated carbocycles. The maximum absolute atomic E-state index is 9.37. The molecule has 0 spiro atoms. The second-order valence-electron chi connectivity index (χ2n) is 4.13. The first-order valence-corrected chi connectivity index (χ1v) is 6.30. The van der Waals surface area contributed by atoms with Crippen LogP contribution in [0.2, 0.25) is 5.02 Å². The number of phenols is 3. The van der Waals surface area contributed by atoms with Gasteiger partial charge in [-0.05, 0) is 23.6 Å². The van der Waals surface area contributed by atoms with Gasteiger partial charge in [-0.2, -0.15) is 0 Å². The standard InChI is InChI=1S/C10H8O.C6H5ClO2/c11-10-7-3-5-8-4-1-2-6-9(8)10;7-5-2-1-4(8)3-6(5)9/h1-7,11H;1-3,8-9H. The molecule has 0 aliphatic rings. The Hall–Kier alpha value is -2.39. The van der Waals surface area contributed by atoms with Gasteiger partial charge < -0.3 is 15.3 Å². The van der Waals surface area contributed by atoms with Crippen molar-refractivity contribution in [2.75, 3.05) is 0 Å². The molecule has 0 saturated heterocycles. The molecule has 20 heavy (non-hydrogen) atoms. The molecule has 3 nitrogen and oxygen atoms in total. The van der Waals surface area contributed by atoms with Gasteiger partial charge in [0.1, 0.15) is 17.2 Å². The lowest BCUT2D eigenvalue weighted by molar-refractivity contribution is 0.451. The maximum Gasteiger partial charge on any atom is 0.137 e. The fraction of sp³-hybridized carbons (Fsp3) is 0. The largest absolute Gasteiger partial charge is 0.508 e.